The summed E-state index contributed by atoms with van der Waals surface area (Å²) in [6.07, 6.45) is 5.66. The molecule has 0 fully saturated rings. The van der Waals surface area contributed by atoms with Crippen molar-refractivity contribution in [3.8, 4) is 6.19 Å². The van der Waals surface area contributed by atoms with Crippen LogP contribution in [0, 0.1) is 11.5 Å². The summed E-state index contributed by atoms with van der Waals surface area (Å²) in [7, 11) is 4.75. The first kappa shape index (κ1) is 33.3. The summed E-state index contributed by atoms with van der Waals surface area (Å²) >= 11 is 9.18. The molecule has 1 aromatic heterocycles. The van der Waals surface area contributed by atoms with E-state index in [-0.39, 0.29) is 0 Å². The topological polar surface area (TPSA) is 136 Å². The van der Waals surface area contributed by atoms with Crippen molar-refractivity contribution >= 4 is 75.4 Å². The first-order valence-corrected chi connectivity index (χ1v) is 13.5. The van der Waals surface area contributed by atoms with Crippen LogP contribution in [0.25, 0.3) is 0 Å². The largest absolute Gasteiger partial charge is 0.447 e. The van der Waals surface area contributed by atoms with Crippen LogP contribution in [0.3, 0.4) is 0 Å². The van der Waals surface area contributed by atoms with E-state index >= 15 is 0 Å². The molecule has 0 saturated carbocycles. The molecule has 0 unspecified atom stereocenters. The molecule has 0 radical (unpaired) electrons. The summed E-state index contributed by atoms with van der Waals surface area (Å²) < 4.78 is 2.20. The summed E-state index contributed by atoms with van der Waals surface area (Å²) in [4.78, 5) is 42.0. The summed E-state index contributed by atoms with van der Waals surface area (Å²) in [5.74, 6) is 0.674. The predicted molar refractivity (Wildman–Crippen MR) is 149 cm³/mol. The molecular formula is C20H29ClN8O4S3. The van der Waals surface area contributed by atoms with Crippen molar-refractivity contribution in [1.29, 1.82) is 5.26 Å². The summed E-state index contributed by atoms with van der Waals surface area (Å²) in [5, 5.41) is 17.3. The minimum Gasteiger partial charge on any atom is -0.358 e. The maximum atomic E-state index is 11.6. The van der Waals surface area contributed by atoms with Gasteiger partial charge in [0.05, 0.1) is 12.1 Å². The van der Waals surface area contributed by atoms with Gasteiger partial charge in [0.1, 0.15) is 21.1 Å². The van der Waals surface area contributed by atoms with Gasteiger partial charge in [0, 0.05) is 33.9 Å². The van der Waals surface area contributed by atoms with Crippen molar-refractivity contribution in [1.82, 2.24) is 18.5 Å². The van der Waals surface area contributed by atoms with Gasteiger partial charge in [-0.25, -0.2) is 23.2 Å². The highest BCUT2D eigenvalue weighted by Crippen LogP contribution is 2.15. The Morgan fingerprint density at radius 3 is 1.92 bits per heavy atom. The fourth-order valence-corrected chi connectivity index (χ4v) is 2.60. The van der Waals surface area contributed by atoms with Crippen molar-refractivity contribution in [2.75, 3.05) is 33.7 Å². The Kier molecular flexibility index (Phi) is 17.2. The van der Waals surface area contributed by atoms with Crippen LogP contribution in [0.1, 0.15) is 26.3 Å². The molecule has 16 heteroatoms. The third-order valence-corrected chi connectivity index (χ3v) is 6.17. The average molecular weight is 577 g/mol. The van der Waals surface area contributed by atoms with Crippen LogP contribution in [0.5, 0.6) is 0 Å². The van der Waals surface area contributed by atoms with E-state index in [4.69, 9.17) is 16.9 Å². The number of amides is 2. The molecule has 2 amide bonds. The predicted octanol–water partition coefficient (Wildman–Crippen LogP) is 5.15. The molecule has 0 aliphatic carbocycles. The van der Waals surface area contributed by atoms with Gasteiger partial charge in [-0.2, -0.15) is 10.3 Å². The Hall–Kier alpha value is -2.67. The van der Waals surface area contributed by atoms with E-state index in [1.54, 1.807) is 39.2 Å². The number of pyridine rings is 1. The van der Waals surface area contributed by atoms with Gasteiger partial charge < -0.3 is 4.90 Å². The van der Waals surface area contributed by atoms with Gasteiger partial charge in [-0.05, 0) is 44.9 Å². The SMILES string of the molecule is C/C(=N\C#N)N(C)Cc1ccc(Cl)nc1.CS/C(C)=N\OC(=O)N(C)SN(C)C(=O)O/N=C(/C)SC. The zero-order chi connectivity index (χ0) is 27.7. The van der Waals surface area contributed by atoms with Gasteiger partial charge in [-0.15, -0.1) is 23.5 Å². The molecule has 0 bridgehead atoms. The van der Waals surface area contributed by atoms with Crippen molar-refractivity contribution in [3.63, 3.8) is 0 Å². The highest BCUT2D eigenvalue weighted by Gasteiger charge is 2.19. The van der Waals surface area contributed by atoms with Crippen LogP contribution < -0.4 is 0 Å². The maximum absolute atomic E-state index is 11.6. The number of amidine groups is 1. The molecule has 0 aliphatic rings. The molecule has 0 spiro atoms. The second kappa shape index (κ2) is 18.6. The Bertz CT molecular complexity index is 948. The highest BCUT2D eigenvalue weighted by molar-refractivity contribution is 8.13. The summed E-state index contributed by atoms with van der Waals surface area (Å²) in [6.45, 7) is 5.86. The Balaban J connectivity index is 0.000000717. The van der Waals surface area contributed by atoms with E-state index in [9.17, 15) is 9.59 Å². The van der Waals surface area contributed by atoms with E-state index in [1.165, 1.54) is 37.6 Å². The number of nitriles is 1. The van der Waals surface area contributed by atoms with Gasteiger partial charge in [-0.1, -0.05) is 28.0 Å². The van der Waals surface area contributed by atoms with Crippen LogP contribution in [0.15, 0.2) is 33.6 Å². The number of nitrogens with zero attached hydrogens (tertiary/aromatic N) is 8. The molecule has 1 rings (SSSR count). The second-order valence-electron chi connectivity index (χ2n) is 6.52. The lowest BCUT2D eigenvalue weighted by Crippen LogP contribution is -2.28. The molecule has 36 heavy (non-hydrogen) atoms. The third kappa shape index (κ3) is 14.7. The third-order valence-electron chi connectivity index (χ3n) is 3.83. The average Bonchev–Trinajstić information content (AvgIpc) is 2.86. The molecule has 12 nitrogen and oxygen atoms in total. The second-order valence-corrected chi connectivity index (χ2v) is 10.2. The minimum atomic E-state index is -0.711. The monoisotopic (exact) mass is 576 g/mol. The minimum absolute atomic E-state index is 0.476. The zero-order valence-electron chi connectivity index (χ0n) is 21.3. The van der Waals surface area contributed by atoms with Crippen LogP contribution in [0.4, 0.5) is 9.59 Å². The number of oxime groups is 2. The number of hydrogen-bond acceptors (Lipinski definition) is 12. The smallest absolute Gasteiger partial charge is 0.358 e. The number of aromatic nitrogens is 1. The van der Waals surface area contributed by atoms with Crippen molar-refractivity contribution < 1.29 is 19.3 Å². The van der Waals surface area contributed by atoms with E-state index in [1.807, 2.05) is 30.5 Å². The zero-order valence-corrected chi connectivity index (χ0v) is 24.5. The molecule has 0 N–H and O–H groups in total. The van der Waals surface area contributed by atoms with E-state index in [0.717, 1.165) is 26.3 Å². The Labute approximate surface area is 229 Å². The normalized spacial score (nSPS) is 11.5. The van der Waals surface area contributed by atoms with Crippen LogP contribution >= 0.6 is 47.3 Å². The number of aliphatic imine (C=N–C) groups is 1. The van der Waals surface area contributed by atoms with E-state index < -0.39 is 12.2 Å². The Morgan fingerprint density at radius 2 is 1.53 bits per heavy atom. The number of hydrogen-bond donors (Lipinski definition) is 0. The summed E-state index contributed by atoms with van der Waals surface area (Å²) in [5.41, 5.74) is 1.02. The van der Waals surface area contributed by atoms with Gasteiger partial charge in [-0.3, -0.25) is 9.68 Å². The quantitative estimate of drug-likeness (QED) is 0.0850. The number of carbonyl (C=O) groups excluding carboxylic acids is 2. The number of thioether (sulfide) groups is 2. The lowest BCUT2D eigenvalue weighted by atomic mass is 10.3. The number of carbonyl (C=O) groups is 2. The molecule has 0 saturated heterocycles. The fourth-order valence-electron chi connectivity index (χ4n) is 1.69. The summed E-state index contributed by atoms with van der Waals surface area (Å²) in [6, 6.07) is 3.63. The van der Waals surface area contributed by atoms with Crippen molar-refractivity contribution in [2.24, 2.45) is 15.3 Å². The molecule has 0 atom stereocenters. The van der Waals surface area contributed by atoms with Crippen LogP contribution in [-0.4, -0.2) is 80.3 Å². The fraction of sp³-hybridized carbons (Fsp3) is 0.450. The van der Waals surface area contributed by atoms with Crippen LogP contribution in [0.2, 0.25) is 5.15 Å². The first-order chi connectivity index (χ1) is 16.9. The number of halogens is 1. The van der Waals surface area contributed by atoms with Crippen molar-refractivity contribution in [3.05, 3.63) is 29.0 Å². The molecular weight excluding hydrogens is 548 g/mol. The first-order valence-electron chi connectivity index (χ1n) is 9.94. The maximum Gasteiger partial charge on any atom is 0.447 e. The van der Waals surface area contributed by atoms with Crippen LogP contribution in [-0.2, 0) is 16.2 Å². The van der Waals surface area contributed by atoms with E-state index in [0.29, 0.717) is 27.6 Å². The Morgan fingerprint density at radius 1 is 1.03 bits per heavy atom. The molecule has 1 heterocycles. The highest BCUT2D eigenvalue weighted by atomic mass is 35.5. The molecule has 0 aliphatic heterocycles. The van der Waals surface area contributed by atoms with Gasteiger partial charge in [0.15, 0.2) is 0 Å². The molecule has 0 aromatic carbocycles. The lowest BCUT2D eigenvalue weighted by Gasteiger charge is -2.19. The van der Waals surface area contributed by atoms with Gasteiger partial charge in [0.2, 0.25) is 6.19 Å². The lowest BCUT2D eigenvalue weighted by molar-refractivity contribution is 0.131. The van der Waals surface area contributed by atoms with Gasteiger partial charge >= 0.3 is 12.2 Å². The van der Waals surface area contributed by atoms with E-state index in [2.05, 4.69) is 30.0 Å². The molecule has 198 valence electrons. The molecule has 1 aromatic rings. The standard InChI is InChI=1S/C10H11ClN4.C10H18N4O4S3/c1-8(14-7-12)15(2)6-9-3-4-10(11)13-5-9;1-7(19-5)11-17-9(15)13(3)21-14(4)10(16)18-12-8(2)20-6/h3-5H,6H2,1-2H3;1-6H3/b14-8+;11-7-,12-8-. The van der Waals surface area contributed by atoms with Crippen molar-refractivity contribution in [2.45, 2.75) is 27.3 Å². The van der Waals surface area contributed by atoms with Gasteiger partial charge in [0.25, 0.3) is 0 Å². The number of rotatable bonds is 6.